The topological polar surface area (TPSA) is 29.5 Å². The van der Waals surface area contributed by atoms with Crippen LogP contribution < -0.4 is 4.90 Å². The van der Waals surface area contributed by atoms with Crippen LogP contribution in [0.2, 0.25) is 0 Å². The van der Waals surface area contributed by atoms with E-state index in [0.29, 0.717) is 6.61 Å². The van der Waals surface area contributed by atoms with Crippen LogP contribution >= 0.6 is 0 Å². The lowest BCUT2D eigenvalue weighted by molar-refractivity contribution is -0.128. The van der Waals surface area contributed by atoms with Gasteiger partial charge in [-0.15, -0.1) is 0 Å². The van der Waals surface area contributed by atoms with E-state index in [1.54, 1.807) is 0 Å². The van der Waals surface area contributed by atoms with E-state index in [9.17, 15) is 4.79 Å². The van der Waals surface area contributed by atoms with E-state index in [-0.39, 0.29) is 23.0 Å². The number of hydrogen-bond donors (Lipinski definition) is 0. The minimum Gasteiger partial charge on any atom is -0.368 e. The lowest BCUT2D eigenvalue weighted by Crippen LogP contribution is -2.58. The zero-order valence-corrected chi connectivity index (χ0v) is 16.8. The Kier molecular flexibility index (Phi) is 4.38. The molecular weight excluding hydrogens is 334 g/mol. The molecule has 27 heavy (non-hydrogen) atoms. The van der Waals surface area contributed by atoms with Crippen LogP contribution in [0, 0.1) is 6.92 Å². The fourth-order valence-corrected chi connectivity index (χ4v) is 5.01. The predicted molar refractivity (Wildman–Crippen MR) is 109 cm³/mol. The van der Waals surface area contributed by atoms with Gasteiger partial charge in [0.1, 0.15) is 6.10 Å². The third-order valence-corrected chi connectivity index (χ3v) is 6.25. The zero-order valence-electron chi connectivity index (χ0n) is 16.8. The number of hydrogen-bond acceptors (Lipinski definition) is 2. The summed E-state index contributed by atoms with van der Waals surface area (Å²) in [5.41, 5.74) is 4.38. The molecule has 2 atom stereocenters. The minimum absolute atomic E-state index is 0.107. The molecule has 2 unspecified atom stereocenters. The van der Waals surface area contributed by atoms with E-state index in [0.717, 1.165) is 24.9 Å². The maximum atomic E-state index is 13.4. The number of anilines is 1. The molecule has 2 aromatic rings. The number of fused-ring (bicyclic) bond motifs is 1. The molecule has 4 rings (SSSR count). The molecule has 3 heteroatoms. The van der Waals surface area contributed by atoms with Gasteiger partial charge in [-0.1, -0.05) is 55.0 Å². The molecule has 0 radical (unpaired) electrons. The maximum Gasteiger partial charge on any atom is 0.256 e. The third kappa shape index (κ3) is 2.98. The summed E-state index contributed by atoms with van der Waals surface area (Å²) in [6.07, 6.45) is 2.36. The first-order chi connectivity index (χ1) is 12.8. The maximum absolute atomic E-state index is 13.4. The second kappa shape index (κ2) is 6.49. The van der Waals surface area contributed by atoms with Gasteiger partial charge in [0.05, 0.1) is 0 Å². The molecule has 0 bridgehead atoms. The van der Waals surface area contributed by atoms with Gasteiger partial charge < -0.3 is 9.64 Å². The molecule has 2 heterocycles. The molecule has 2 aliphatic heterocycles. The Balaban J connectivity index is 1.84. The largest absolute Gasteiger partial charge is 0.368 e. The SMILES string of the molecule is Cc1ccc(C2(C)CC(C)(C)N(C(=O)C3CCCO3)c3ccccc32)cc1. The number of rotatable bonds is 2. The predicted octanol–water partition coefficient (Wildman–Crippen LogP) is 5.00. The molecule has 0 saturated carbocycles. The number of carbonyl (C=O) groups is 1. The number of nitrogens with zero attached hydrogens (tertiary/aromatic N) is 1. The van der Waals surface area contributed by atoms with Crippen molar-refractivity contribution in [3.8, 4) is 0 Å². The van der Waals surface area contributed by atoms with Crippen molar-refractivity contribution in [1.29, 1.82) is 0 Å². The van der Waals surface area contributed by atoms with E-state index >= 15 is 0 Å². The number of para-hydroxylation sites is 1. The Labute approximate surface area is 162 Å². The van der Waals surface area contributed by atoms with E-state index in [1.807, 2.05) is 11.0 Å². The van der Waals surface area contributed by atoms with Crippen molar-refractivity contribution in [2.75, 3.05) is 11.5 Å². The first-order valence-corrected chi connectivity index (χ1v) is 9.95. The van der Waals surface area contributed by atoms with Gasteiger partial charge in [0.15, 0.2) is 0 Å². The summed E-state index contributed by atoms with van der Waals surface area (Å²) in [5.74, 6) is 0.107. The zero-order chi connectivity index (χ0) is 19.2. The number of aryl methyl sites for hydroxylation is 1. The Hall–Kier alpha value is -2.13. The average molecular weight is 364 g/mol. The molecule has 1 fully saturated rings. The van der Waals surface area contributed by atoms with Crippen LogP contribution in [-0.2, 0) is 14.9 Å². The van der Waals surface area contributed by atoms with Crippen molar-refractivity contribution in [3.63, 3.8) is 0 Å². The highest BCUT2D eigenvalue weighted by Crippen LogP contribution is 2.50. The average Bonchev–Trinajstić information content (AvgIpc) is 3.16. The monoisotopic (exact) mass is 363 g/mol. The first kappa shape index (κ1) is 18.2. The van der Waals surface area contributed by atoms with Crippen molar-refractivity contribution in [2.24, 2.45) is 0 Å². The van der Waals surface area contributed by atoms with Gasteiger partial charge in [0.2, 0.25) is 0 Å². The summed E-state index contributed by atoms with van der Waals surface area (Å²) < 4.78 is 5.73. The van der Waals surface area contributed by atoms with E-state index < -0.39 is 0 Å². The molecule has 0 spiro atoms. The summed E-state index contributed by atoms with van der Waals surface area (Å²) in [4.78, 5) is 15.4. The fraction of sp³-hybridized carbons (Fsp3) is 0.458. The van der Waals surface area contributed by atoms with Crippen LogP contribution in [0.25, 0.3) is 0 Å². The van der Waals surface area contributed by atoms with Gasteiger partial charge in [-0.05, 0) is 57.2 Å². The highest BCUT2D eigenvalue weighted by Gasteiger charge is 2.49. The van der Waals surface area contributed by atoms with Crippen molar-refractivity contribution >= 4 is 11.6 Å². The standard InChI is InChI=1S/C24H29NO2/c1-17-11-13-18(14-12-17)24(4)16-23(2,3)25(20-9-6-5-8-19(20)24)22(26)21-10-7-15-27-21/h5-6,8-9,11-14,21H,7,10,15-16H2,1-4H3. The van der Waals surface area contributed by atoms with Gasteiger partial charge >= 0.3 is 0 Å². The van der Waals surface area contributed by atoms with Crippen LogP contribution in [-0.4, -0.2) is 24.2 Å². The van der Waals surface area contributed by atoms with E-state index in [4.69, 9.17) is 4.74 Å². The lowest BCUT2D eigenvalue weighted by atomic mass is 9.65. The Morgan fingerprint density at radius 1 is 1.07 bits per heavy atom. The van der Waals surface area contributed by atoms with Gasteiger partial charge in [-0.3, -0.25) is 4.79 Å². The molecule has 1 amide bonds. The number of amides is 1. The molecule has 0 aromatic heterocycles. The number of carbonyl (C=O) groups excluding carboxylic acids is 1. The number of benzene rings is 2. The first-order valence-electron chi connectivity index (χ1n) is 9.95. The van der Waals surface area contributed by atoms with Crippen molar-refractivity contribution in [1.82, 2.24) is 0 Å². The fourth-order valence-electron chi connectivity index (χ4n) is 5.01. The summed E-state index contributed by atoms with van der Waals surface area (Å²) in [6.45, 7) is 9.48. The van der Waals surface area contributed by atoms with Crippen LogP contribution in [0.3, 0.4) is 0 Å². The number of ether oxygens (including phenoxy) is 1. The van der Waals surface area contributed by atoms with Gasteiger partial charge in [-0.25, -0.2) is 0 Å². The second-order valence-corrected chi connectivity index (χ2v) is 8.88. The van der Waals surface area contributed by atoms with Crippen molar-refractivity contribution < 1.29 is 9.53 Å². The van der Waals surface area contributed by atoms with Gasteiger partial charge in [0.25, 0.3) is 5.91 Å². The minimum atomic E-state index is -0.305. The third-order valence-electron chi connectivity index (χ3n) is 6.25. The quantitative estimate of drug-likeness (QED) is 0.752. The van der Waals surface area contributed by atoms with Crippen molar-refractivity contribution in [3.05, 3.63) is 65.2 Å². The van der Waals surface area contributed by atoms with E-state index in [2.05, 4.69) is 70.2 Å². The molecule has 3 nitrogen and oxygen atoms in total. The molecule has 0 N–H and O–H groups in total. The molecular formula is C24H29NO2. The van der Waals surface area contributed by atoms with Gasteiger partial charge in [0, 0.05) is 23.2 Å². The second-order valence-electron chi connectivity index (χ2n) is 8.88. The van der Waals surface area contributed by atoms with Crippen LogP contribution in [0.1, 0.15) is 56.7 Å². The Bertz CT molecular complexity index is 849. The molecule has 1 saturated heterocycles. The molecule has 2 aliphatic rings. The highest BCUT2D eigenvalue weighted by atomic mass is 16.5. The summed E-state index contributed by atoms with van der Waals surface area (Å²) in [5, 5.41) is 0. The summed E-state index contributed by atoms with van der Waals surface area (Å²) in [6, 6.07) is 17.2. The molecule has 2 aromatic carbocycles. The molecule has 142 valence electrons. The Morgan fingerprint density at radius 2 is 1.78 bits per heavy atom. The Morgan fingerprint density at radius 3 is 2.44 bits per heavy atom. The van der Waals surface area contributed by atoms with Gasteiger partial charge in [-0.2, -0.15) is 0 Å². The summed E-state index contributed by atoms with van der Waals surface area (Å²) in [7, 11) is 0. The normalized spacial score (nSPS) is 26.7. The van der Waals surface area contributed by atoms with Crippen LogP contribution in [0.4, 0.5) is 5.69 Å². The van der Waals surface area contributed by atoms with Crippen LogP contribution in [0.5, 0.6) is 0 Å². The smallest absolute Gasteiger partial charge is 0.256 e. The summed E-state index contributed by atoms with van der Waals surface area (Å²) >= 11 is 0. The highest BCUT2D eigenvalue weighted by molar-refractivity contribution is 5.99. The van der Waals surface area contributed by atoms with Crippen LogP contribution in [0.15, 0.2) is 48.5 Å². The lowest BCUT2D eigenvalue weighted by Gasteiger charge is -2.51. The van der Waals surface area contributed by atoms with E-state index in [1.165, 1.54) is 16.7 Å². The van der Waals surface area contributed by atoms with Crippen molar-refractivity contribution in [2.45, 2.75) is 64.0 Å². The molecule has 0 aliphatic carbocycles.